The number of likely N-dealkylation sites (tertiary alicyclic amines) is 1. The molecule has 1 N–H and O–H groups in total. The average Bonchev–Trinajstić information content (AvgIpc) is 2.69. The Balaban J connectivity index is 1.44. The molecule has 1 aromatic carbocycles. The van der Waals surface area contributed by atoms with E-state index in [-0.39, 0.29) is 24.1 Å². The fraction of sp³-hybridized carbons (Fsp3) is 0.619. The first kappa shape index (κ1) is 19.7. The van der Waals surface area contributed by atoms with Gasteiger partial charge in [0.25, 0.3) is 0 Å². The molecule has 3 rings (SSSR count). The maximum absolute atomic E-state index is 12.6. The van der Waals surface area contributed by atoms with E-state index in [9.17, 15) is 9.59 Å². The highest BCUT2D eigenvalue weighted by Crippen LogP contribution is 2.30. The molecule has 6 heteroatoms. The van der Waals surface area contributed by atoms with E-state index in [1.54, 1.807) is 4.90 Å². The van der Waals surface area contributed by atoms with Crippen LogP contribution in [-0.4, -0.2) is 67.2 Å². The summed E-state index contributed by atoms with van der Waals surface area (Å²) in [5.74, 6) is 0.471. The summed E-state index contributed by atoms with van der Waals surface area (Å²) in [7, 11) is 1.82. The number of benzene rings is 1. The highest BCUT2D eigenvalue weighted by atomic mass is 16.5. The van der Waals surface area contributed by atoms with Crippen molar-refractivity contribution in [1.82, 2.24) is 15.1 Å². The highest BCUT2D eigenvalue weighted by Gasteiger charge is 2.41. The van der Waals surface area contributed by atoms with Crippen molar-refractivity contribution >= 4 is 11.9 Å². The number of amides is 3. The second-order valence-electron chi connectivity index (χ2n) is 7.86. The SMILES string of the molecule is CC[C@@H](CNC(=O)N1CCC2(CC1)CN(C)C(=O)CO2)Cc1ccccc1. The van der Waals surface area contributed by atoms with Crippen LogP contribution >= 0.6 is 0 Å². The third-order valence-corrected chi connectivity index (χ3v) is 5.90. The van der Waals surface area contributed by atoms with Crippen LogP contribution in [-0.2, 0) is 16.0 Å². The van der Waals surface area contributed by atoms with Crippen molar-refractivity contribution in [3.05, 3.63) is 35.9 Å². The summed E-state index contributed by atoms with van der Waals surface area (Å²) >= 11 is 0. The third-order valence-electron chi connectivity index (χ3n) is 5.90. The van der Waals surface area contributed by atoms with E-state index in [4.69, 9.17) is 4.74 Å². The van der Waals surface area contributed by atoms with Crippen molar-refractivity contribution in [3.8, 4) is 0 Å². The van der Waals surface area contributed by atoms with Crippen LogP contribution in [0.25, 0.3) is 0 Å². The number of hydrogen-bond donors (Lipinski definition) is 1. The summed E-state index contributed by atoms with van der Waals surface area (Å²) < 4.78 is 5.85. The van der Waals surface area contributed by atoms with Crippen LogP contribution in [0.2, 0.25) is 0 Å². The lowest BCUT2D eigenvalue weighted by molar-refractivity contribution is -0.167. The van der Waals surface area contributed by atoms with Crippen LogP contribution in [0.15, 0.2) is 30.3 Å². The van der Waals surface area contributed by atoms with Crippen molar-refractivity contribution in [2.45, 2.75) is 38.2 Å². The maximum Gasteiger partial charge on any atom is 0.317 e. The Bertz CT molecular complexity index is 641. The molecule has 2 fully saturated rings. The van der Waals surface area contributed by atoms with Gasteiger partial charge in [-0.3, -0.25) is 4.79 Å². The van der Waals surface area contributed by atoms with E-state index in [0.29, 0.717) is 32.1 Å². The zero-order valence-electron chi connectivity index (χ0n) is 16.4. The molecule has 0 aliphatic carbocycles. The Morgan fingerprint density at radius 2 is 1.96 bits per heavy atom. The minimum Gasteiger partial charge on any atom is -0.363 e. The number of carbonyl (C=O) groups excluding carboxylic acids is 2. The van der Waals surface area contributed by atoms with Crippen molar-refractivity contribution in [3.63, 3.8) is 0 Å². The quantitative estimate of drug-likeness (QED) is 0.861. The monoisotopic (exact) mass is 373 g/mol. The fourth-order valence-electron chi connectivity index (χ4n) is 3.96. The predicted molar refractivity (Wildman–Crippen MR) is 104 cm³/mol. The van der Waals surface area contributed by atoms with Gasteiger partial charge in [-0.05, 0) is 30.7 Å². The smallest absolute Gasteiger partial charge is 0.317 e. The topological polar surface area (TPSA) is 61.9 Å². The molecule has 0 aromatic heterocycles. The molecular weight excluding hydrogens is 342 g/mol. The Labute approximate surface area is 161 Å². The number of urea groups is 1. The van der Waals surface area contributed by atoms with Crippen LogP contribution in [0.3, 0.4) is 0 Å². The first-order valence-corrected chi connectivity index (χ1v) is 9.96. The van der Waals surface area contributed by atoms with Crippen molar-refractivity contribution in [1.29, 1.82) is 0 Å². The Morgan fingerprint density at radius 1 is 1.26 bits per heavy atom. The van der Waals surface area contributed by atoms with Crippen molar-refractivity contribution in [2.75, 3.05) is 39.8 Å². The lowest BCUT2D eigenvalue weighted by Gasteiger charge is -2.46. The van der Waals surface area contributed by atoms with E-state index in [1.165, 1.54) is 5.56 Å². The summed E-state index contributed by atoms with van der Waals surface area (Å²) in [6.07, 6.45) is 3.57. The summed E-state index contributed by atoms with van der Waals surface area (Å²) in [5, 5.41) is 3.11. The van der Waals surface area contributed by atoms with Gasteiger partial charge in [-0.2, -0.15) is 0 Å². The van der Waals surface area contributed by atoms with Gasteiger partial charge in [-0.1, -0.05) is 43.7 Å². The van der Waals surface area contributed by atoms with Gasteiger partial charge in [0.2, 0.25) is 5.91 Å². The summed E-state index contributed by atoms with van der Waals surface area (Å²) in [5.41, 5.74) is 1.03. The van der Waals surface area contributed by atoms with E-state index < -0.39 is 0 Å². The zero-order chi connectivity index (χ0) is 19.3. The minimum absolute atomic E-state index is 0.0107. The van der Waals surface area contributed by atoms with Crippen molar-refractivity contribution in [2.24, 2.45) is 5.92 Å². The molecule has 2 heterocycles. The number of rotatable bonds is 5. The molecule has 0 bridgehead atoms. The van der Waals surface area contributed by atoms with E-state index in [0.717, 1.165) is 25.7 Å². The van der Waals surface area contributed by atoms with E-state index in [2.05, 4.69) is 36.5 Å². The molecule has 0 radical (unpaired) electrons. The number of hydrogen-bond acceptors (Lipinski definition) is 3. The minimum atomic E-state index is -0.279. The predicted octanol–water partition coefficient (Wildman–Crippen LogP) is 2.29. The van der Waals surface area contributed by atoms with Crippen LogP contribution in [0.5, 0.6) is 0 Å². The van der Waals surface area contributed by atoms with Crippen molar-refractivity contribution < 1.29 is 14.3 Å². The van der Waals surface area contributed by atoms with Gasteiger partial charge in [0.05, 0.1) is 5.60 Å². The third kappa shape index (κ3) is 5.01. The van der Waals surface area contributed by atoms with E-state index >= 15 is 0 Å². The number of nitrogens with zero attached hydrogens (tertiary/aromatic N) is 2. The number of morpholine rings is 1. The molecule has 1 aromatic rings. The second-order valence-corrected chi connectivity index (χ2v) is 7.86. The molecule has 148 valence electrons. The second kappa shape index (κ2) is 8.74. The van der Waals surface area contributed by atoms with Gasteiger partial charge in [-0.15, -0.1) is 0 Å². The number of ether oxygens (including phenoxy) is 1. The first-order chi connectivity index (χ1) is 13.0. The van der Waals surface area contributed by atoms with Gasteiger partial charge < -0.3 is 19.9 Å². The largest absolute Gasteiger partial charge is 0.363 e. The summed E-state index contributed by atoms with van der Waals surface area (Å²) in [6, 6.07) is 10.4. The number of likely N-dealkylation sites (N-methyl/N-ethyl adjacent to an activating group) is 1. The Kier molecular flexibility index (Phi) is 6.37. The molecule has 2 aliphatic heterocycles. The first-order valence-electron chi connectivity index (χ1n) is 9.96. The lowest BCUT2D eigenvalue weighted by Crippen LogP contribution is -2.59. The molecule has 1 spiro atoms. The van der Waals surface area contributed by atoms with Gasteiger partial charge in [0.15, 0.2) is 0 Å². The van der Waals surface area contributed by atoms with Gasteiger partial charge >= 0.3 is 6.03 Å². The molecule has 27 heavy (non-hydrogen) atoms. The fourth-order valence-corrected chi connectivity index (χ4v) is 3.96. The van der Waals surface area contributed by atoms with Crippen LogP contribution in [0.4, 0.5) is 4.79 Å². The molecular formula is C21H31N3O3. The molecule has 2 aliphatic rings. The highest BCUT2D eigenvalue weighted by molar-refractivity contribution is 5.78. The standard InChI is InChI=1S/C21H31N3O3/c1-3-17(13-18-7-5-4-6-8-18)14-22-20(26)24-11-9-21(10-12-24)16-23(2)19(25)15-27-21/h4-8,17H,3,9-16H2,1-2H3,(H,22,26)/t17-/m1/s1. The van der Waals surface area contributed by atoms with E-state index in [1.807, 2.05) is 18.0 Å². The number of nitrogens with one attached hydrogen (secondary N) is 1. The molecule has 0 saturated carbocycles. The van der Waals surface area contributed by atoms with Crippen LogP contribution in [0.1, 0.15) is 31.7 Å². The Morgan fingerprint density at radius 3 is 2.59 bits per heavy atom. The van der Waals surface area contributed by atoms with Crippen LogP contribution < -0.4 is 5.32 Å². The van der Waals surface area contributed by atoms with Gasteiger partial charge in [-0.25, -0.2) is 4.79 Å². The average molecular weight is 373 g/mol. The number of piperidine rings is 1. The summed E-state index contributed by atoms with van der Waals surface area (Å²) in [4.78, 5) is 27.8. The molecule has 3 amide bonds. The van der Waals surface area contributed by atoms with Gasteiger partial charge in [0, 0.05) is 33.2 Å². The van der Waals surface area contributed by atoms with Crippen LogP contribution in [0, 0.1) is 5.92 Å². The molecule has 0 unspecified atom stereocenters. The summed E-state index contributed by atoms with van der Waals surface area (Å²) in [6.45, 7) is 4.98. The zero-order valence-corrected chi connectivity index (χ0v) is 16.4. The number of carbonyl (C=O) groups is 2. The maximum atomic E-state index is 12.6. The molecule has 1 atom stereocenters. The Hall–Kier alpha value is -2.08. The van der Waals surface area contributed by atoms with Gasteiger partial charge in [0.1, 0.15) is 6.61 Å². The lowest BCUT2D eigenvalue weighted by atomic mass is 9.89. The molecule has 6 nitrogen and oxygen atoms in total. The normalized spacial score (nSPS) is 20.6. The molecule has 2 saturated heterocycles.